The summed E-state index contributed by atoms with van der Waals surface area (Å²) in [5, 5.41) is 0. The van der Waals surface area contributed by atoms with E-state index in [0.717, 1.165) is 0 Å². The standard InChI is InChI=1S/C8H8FNO/c1-6(11)8-4-2-3-7(5-9)10-8/h2-4H,5H2,1H3. The second kappa shape index (κ2) is 3.23. The normalized spacial score (nSPS) is 9.64. The summed E-state index contributed by atoms with van der Waals surface area (Å²) in [5.74, 6) is -0.139. The molecule has 1 rings (SSSR count). The second-order valence-corrected chi connectivity index (χ2v) is 2.20. The molecular formula is C8H8FNO. The van der Waals surface area contributed by atoms with Gasteiger partial charge in [0.2, 0.25) is 0 Å². The van der Waals surface area contributed by atoms with Crippen molar-refractivity contribution in [3.05, 3.63) is 29.6 Å². The van der Waals surface area contributed by atoms with Gasteiger partial charge in [-0.2, -0.15) is 0 Å². The predicted molar refractivity (Wildman–Crippen MR) is 39.1 cm³/mol. The van der Waals surface area contributed by atoms with Crippen LogP contribution in [0.1, 0.15) is 23.1 Å². The van der Waals surface area contributed by atoms with Crippen molar-refractivity contribution in [1.29, 1.82) is 0 Å². The minimum Gasteiger partial charge on any atom is -0.293 e. The van der Waals surface area contributed by atoms with Crippen LogP contribution in [0.4, 0.5) is 4.39 Å². The van der Waals surface area contributed by atoms with Crippen LogP contribution in [0.2, 0.25) is 0 Å². The zero-order chi connectivity index (χ0) is 8.27. The summed E-state index contributed by atoms with van der Waals surface area (Å²) in [7, 11) is 0. The maximum Gasteiger partial charge on any atom is 0.178 e. The van der Waals surface area contributed by atoms with Gasteiger partial charge in [0.05, 0.1) is 5.69 Å². The van der Waals surface area contributed by atoms with E-state index in [9.17, 15) is 9.18 Å². The van der Waals surface area contributed by atoms with Gasteiger partial charge in [-0.25, -0.2) is 9.37 Å². The molecule has 0 saturated heterocycles. The lowest BCUT2D eigenvalue weighted by Gasteiger charge is -1.95. The van der Waals surface area contributed by atoms with Gasteiger partial charge in [-0.3, -0.25) is 4.79 Å². The maximum atomic E-state index is 12.0. The number of rotatable bonds is 2. The Bertz CT molecular complexity index is 273. The van der Waals surface area contributed by atoms with Gasteiger partial charge in [0.1, 0.15) is 12.4 Å². The third-order valence-corrected chi connectivity index (χ3v) is 1.30. The van der Waals surface area contributed by atoms with Crippen LogP contribution in [0.5, 0.6) is 0 Å². The van der Waals surface area contributed by atoms with E-state index in [1.807, 2.05) is 0 Å². The molecule has 0 spiro atoms. The number of carbonyl (C=O) groups excluding carboxylic acids is 1. The molecule has 0 amide bonds. The van der Waals surface area contributed by atoms with Gasteiger partial charge in [-0.05, 0) is 12.1 Å². The molecule has 0 unspecified atom stereocenters. The van der Waals surface area contributed by atoms with Crippen LogP contribution >= 0.6 is 0 Å². The SMILES string of the molecule is CC(=O)c1cccc(CF)n1. The first-order valence-electron chi connectivity index (χ1n) is 3.27. The van der Waals surface area contributed by atoms with E-state index >= 15 is 0 Å². The number of hydrogen-bond donors (Lipinski definition) is 0. The monoisotopic (exact) mass is 153 g/mol. The summed E-state index contributed by atoms with van der Waals surface area (Å²) in [6.07, 6.45) is 0. The van der Waals surface area contributed by atoms with Crippen molar-refractivity contribution in [3.63, 3.8) is 0 Å². The third-order valence-electron chi connectivity index (χ3n) is 1.30. The fraction of sp³-hybridized carbons (Fsp3) is 0.250. The third kappa shape index (κ3) is 1.83. The molecule has 0 N–H and O–H groups in total. The number of alkyl halides is 1. The number of ketones is 1. The molecule has 0 aliphatic rings. The van der Waals surface area contributed by atoms with E-state index in [2.05, 4.69) is 4.98 Å². The largest absolute Gasteiger partial charge is 0.293 e. The van der Waals surface area contributed by atoms with Crippen LogP contribution < -0.4 is 0 Å². The average Bonchev–Trinajstić information content (AvgIpc) is 2.05. The van der Waals surface area contributed by atoms with Gasteiger partial charge in [-0.15, -0.1) is 0 Å². The number of hydrogen-bond acceptors (Lipinski definition) is 2. The lowest BCUT2D eigenvalue weighted by molar-refractivity contribution is 0.101. The number of pyridine rings is 1. The highest BCUT2D eigenvalue weighted by Gasteiger charge is 2.00. The molecular weight excluding hydrogens is 145 g/mol. The molecule has 0 bridgehead atoms. The second-order valence-electron chi connectivity index (χ2n) is 2.20. The molecule has 0 aromatic carbocycles. The number of carbonyl (C=O) groups is 1. The van der Waals surface area contributed by atoms with Crippen LogP contribution in [0.25, 0.3) is 0 Å². The smallest absolute Gasteiger partial charge is 0.178 e. The summed E-state index contributed by atoms with van der Waals surface area (Å²) in [5.41, 5.74) is 0.623. The lowest BCUT2D eigenvalue weighted by Crippen LogP contribution is -1.98. The summed E-state index contributed by atoms with van der Waals surface area (Å²) in [6, 6.07) is 4.74. The van der Waals surface area contributed by atoms with Gasteiger partial charge in [0, 0.05) is 6.92 Å². The Morgan fingerprint density at radius 1 is 1.64 bits per heavy atom. The lowest BCUT2D eigenvalue weighted by atomic mass is 10.2. The van der Waals surface area contributed by atoms with E-state index in [-0.39, 0.29) is 5.78 Å². The zero-order valence-corrected chi connectivity index (χ0v) is 6.17. The molecule has 3 heteroatoms. The molecule has 11 heavy (non-hydrogen) atoms. The van der Waals surface area contributed by atoms with Crippen molar-refractivity contribution >= 4 is 5.78 Å². The van der Waals surface area contributed by atoms with E-state index in [1.165, 1.54) is 6.92 Å². The Hall–Kier alpha value is -1.25. The highest BCUT2D eigenvalue weighted by atomic mass is 19.1. The van der Waals surface area contributed by atoms with Crippen molar-refractivity contribution in [3.8, 4) is 0 Å². The van der Waals surface area contributed by atoms with E-state index < -0.39 is 6.67 Å². The molecule has 0 atom stereocenters. The molecule has 2 nitrogen and oxygen atoms in total. The first-order valence-corrected chi connectivity index (χ1v) is 3.27. The van der Waals surface area contributed by atoms with Crippen LogP contribution in [0.15, 0.2) is 18.2 Å². The zero-order valence-electron chi connectivity index (χ0n) is 6.17. The molecule has 1 aromatic heterocycles. The van der Waals surface area contributed by atoms with E-state index in [1.54, 1.807) is 18.2 Å². The fourth-order valence-electron chi connectivity index (χ4n) is 0.750. The predicted octanol–water partition coefficient (Wildman–Crippen LogP) is 1.75. The van der Waals surface area contributed by atoms with Crippen LogP contribution in [-0.4, -0.2) is 10.8 Å². The van der Waals surface area contributed by atoms with Gasteiger partial charge in [0.25, 0.3) is 0 Å². The molecule has 1 heterocycles. The van der Waals surface area contributed by atoms with Gasteiger partial charge in [0.15, 0.2) is 5.78 Å². The Morgan fingerprint density at radius 3 is 2.91 bits per heavy atom. The molecule has 1 aromatic rings. The first kappa shape index (κ1) is 7.85. The van der Waals surface area contributed by atoms with Crippen LogP contribution in [-0.2, 0) is 6.67 Å². The van der Waals surface area contributed by atoms with Crippen molar-refractivity contribution < 1.29 is 9.18 Å². The summed E-state index contributed by atoms with van der Waals surface area (Å²) >= 11 is 0. The van der Waals surface area contributed by atoms with Crippen molar-refractivity contribution in [1.82, 2.24) is 4.98 Å². The average molecular weight is 153 g/mol. The number of Topliss-reactive ketones (excluding diaryl/α,β-unsaturated/α-hetero) is 1. The highest BCUT2D eigenvalue weighted by molar-refractivity contribution is 5.92. The fourth-order valence-corrected chi connectivity index (χ4v) is 0.750. The summed E-state index contributed by atoms with van der Waals surface area (Å²) < 4.78 is 12.0. The first-order chi connectivity index (χ1) is 5.24. The minimum absolute atomic E-state index is 0.139. The maximum absolute atomic E-state index is 12.0. The molecule has 0 fully saturated rings. The van der Waals surface area contributed by atoms with Crippen LogP contribution in [0, 0.1) is 0 Å². The molecule has 0 saturated carbocycles. The Morgan fingerprint density at radius 2 is 2.36 bits per heavy atom. The number of halogens is 1. The highest BCUT2D eigenvalue weighted by Crippen LogP contribution is 2.01. The van der Waals surface area contributed by atoms with Crippen LogP contribution in [0.3, 0.4) is 0 Å². The topological polar surface area (TPSA) is 30.0 Å². The quantitative estimate of drug-likeness (QED) is 0.606. The molecule has 0 aliphatic carbocycles. The molecule has 0 aliphatic heterocycles. The molecule has 0 radical (unpaired) electrons. The van der Waals surface area contributed by atoms with E-state index in [4.69, 9.17) is 0 Å². The van der Waals surface area contributed by atoms with Gasteiger partial charge >= 0.3 is 0 Å². The molecule has 58 valence electrons. The van der Waals surface area contributed by atoms with Crippen molar-refractivity contribution in [2.24, 2.45) is 0 Å². The minimum atomic E-state index is -0.624. The Kier molecular flexibility index (Phi) is 2.31. The summed E-state index contributed by atoms with van der Waals surface area (Å²) in [4.78, 5) is 14.5. The number of nitrogens with zero attached hydrogens (tertiary/aromatic N) is 1. The number of aromatic nitrogens is 1. The van der Waals surface area contributed by atoms with Gasteiger partial charge in [-0.1, -0.05) is 6.07 Å². The Labute approximate surface area is 64.1 Å². The Balaban J connectivity index is 3.01. The van der Waals surface area contributed by atoms with E-state index in [0.29, 0.717) is 11.4 Å². The van der Waals surface area contributed by atoms with Crippen molar-refractivity contribution in [2.45, 2.75) is 13.6 Å². The summed E-state index contributed by atoms with van der Waals surface area (Å²) in [6.45, 7) is 0.783. The van der Waals surface area contributed by atoms with Crippen molar-refractivity contribution in [2.75, 3.05) is 0 Å². The van der Waals surface area contributed by atoms with Gasteiger partial charge < -0.3 is 0 Å².